The first-order valence-corrected chi connectivity index (χ1v) is 6.69. The van der Waals surface area contributed by atoms with Crippen molar-refractivity contribution in [2.75, 3.05) is 13.1 Å². The van der Waals surface area contributed by atoms with E-state index < -0.39 is 11.9 Å². The molecule has 1 aliphatic heterocycles. The zero-order valence-corrected chi connectivity index (χ0v) is 11.1. The van der Waals surface area contributed by atoms with Gasteiger partial charge >= 0.3 is 5.97 Å². The Morgan fingerprint density at radius 3 is 2.70 bits per heavy atom. The summed E-state index contributed by atoms with van der Waals surface area (Å²) >= 11 is 0. The Kier molecular flexibility index (Phi) is 4.65. The molecule has 1 fully saturated rings. The van der Waals surface area contributed by atoms with Crippen LogP contribution < -0.4 is 0 Å². The van der Waals surface area contributed by atoms with Crippen LogP contribution in [-0.4, -0.2) is 40.0 Å². The smallest absolute Gasteiger partial charge is 0.303 e. The number of aromatic nitrogens is 1. The van der Waals surface area contributed by atoms with Crippen LogP contribution in [-0.2, 0) is 4.79 Å². The number of carbonyl (C=O) groups excluding carboxylic acids is 1. The van der Waals surface area contributed by atoms with Crippen LogP contribution in [0.25, 0.3) is 0 Å². The van der Waals surface area contributed by atoms with E-state index in [1.807, 2.05) is 0 Å². The molecule has 0 radical (unpaired) electrons. The van der Waals surface area contributed by atoms with Gasteiger partial charge in [-0.3, -0.25) is 9.59 Å². The number of amides is 1. The highest BCUT2D eigenvalue weighted by Crippen LogP contribution is 2.23. The van der Waals surface area contributed by atoms with E-state index in [0.29, 0.717) is 25.4 Å². The van der Waals surface area contributed by atoms with Gasteiger partial charge in [-0.05, 0) is 37.3 Å². The van der Waals surface area contributed by atoms with Crippen LogP contribution in [0.1, 0.15) is 36.0 Å². The Morgan fingerprint density at radius 2 is 2.10 bits per heavy atom. The fourth-order valence-electron chi connectivity index (χ4n) is 2.47. The molecular formula is C14H17FN2O3. The van der Waals surface area contributed by atoms with Gasteiger partial charge in [0.15, 0.2) is 0 Å². The lowest BCUT2D eigenvalue weighted by molar-refractivity contribution is -0.137. The summed E-state index contributed by atoms with van der Waals surface area (Å²) < 4.78 is 13.5. The molecule has 5 nitrogen and oxygen atoms in total. The van der Waals surface area contributed by atoms with Gasteiger partial charge in [-0.25, -0.2) is 4.98 Å². The number of carbonyl (C=O) groups is 2. The van der Waals surface area contributed by atoms with Crippen molar-refractivity contribution in [3.8, 4) is 0 Å². The Morgan fingerprint density at radius 1 is 1.40 bits per heavy atom. The molecule has 0 saturated carbocycles. The summed E-state index contributed by atoms with van der Waals surface area (Å²) in [5.74, 6) is -1.55. The molecule has 1 aromatic heterocycles. The minimum Gasteiger partial charge on any atom is -0.481 e. The van der Waals surface area contributed by atoms with Gasteiger partial charge in [-0.1, -0.05) is 0 Å². The Bertz CT molecular complexity index is 499. The maximum Gasteiger partial charge on any atom is 0.303 e. The molecule has 0 spiro atoms. The van der Waals surface area contributed by atoms with Crippen LogP contribution in [0.5, 0.6) is 0 Å². The minimum atomic E-state index is -0.791. The second-order valence-electron chi connectivity index (χ2n) is 5.01. The van der Waals surface area contributed by atoms with Crippen molar-refractivity contribution in [3.63, 3.8) is 0 Å². The summed E-state index contributed by atoms with van der Waals surface area (Å²) in [5, 5.41) is 8.65. The van der Waals surface area contributed by atoms with Crippen molar-refractivity contribution in [3.05, 3.63) is 29.8 Å². The van der Waals surface area contributed by atoms with Gasteiger partial charge in [-0.2, -0.15) is 4.39 Å². The van der Waals surface area contributed by atoms with E-state index in [2.05, 4.69) is 4.98 Å². The van der Waals surface area contributed by atoms with Crippen LogP contribution in [0.4, 0.5) is 4.39 Å². The number of carboxylic acid groups (broad SMARTS) is 1. The van der Waals surface area contributed by atoms with E-state index >= 15 is 0 Å². The maximum atomic E-state index is 13.5. The molecule has 6 heteroatoms. The van der Waals surface area contributed by atoms with Crippen molar-refractivity contribution in [1.29, 1.82) is 0 Å². The van der Waals surface area contributed by atoms with Gasteiger partial charge in [-0.15, -0.1) is 0 Å². The molecule has 1 aliphatic rings. The van der Waals surface area contributed by atoms with E-state index in [0.717, 1.165) is 12.8 Å². The lowest BCUT2D eigenvalue weighted by atomic mass is 9.92. The number of hydrogen-bond acceptors (Lipinski definition) is 3. The standard InChI is InChI=1S/C14H17FN2O3/c15-13-11(2-1-7-16-13)14(20)17-8-5-10(6-9-17)3-4-12(18)19/h1-2,7,10H,3-6,8-9H2,(H,18,19). The zero-order chi connectivity index (χ0) is 14.5. The molecule has 0 bridgehead atoms. The number of pyridine rings is 1. The molecule has 2 rings (SSSR count). The lowest BCUT2D eigenvalue weighted by Gasteiger charge is -2.31. The summed E-state index contributed by atoms with van der Waals surface area (Å²) in [6, 6.07) is 2.97. The number of hydrogen-bond donors (Lipinski definition) is 1. The molecule has 1 N–H and O–H groups in total. The van der Waals surface area contributed by atoms with Gasteiger partial charge in [0.05, 0.1) is 5.56 Å². The number of likely N-dealkylation sites (tertiary alicyclic amines) is 1. The Balaban J connectivity index is 1.89. The largest absolute Gasteiger partial charge is 0.481 e. The molecule has 0 unspecified atom stereocenters. The molecule has 108 valence electrons. The van der Waals surface area contributed by atoms with E-state index in [9.17, 15) is 14.0 Å². The fraction of sp³-hybridized carbons (Fsp3) is 0.500. The highest BCUT2D eigenvalue weighted by atomic mass is 19.1. The topological polar surface area (TPSA) is 70.5 Å². The zero-order valence-electron chi connectivity index (χ0n) is 11.1. The molecular weight excluding hydrogens is 263 g/mol. The number of piperidine rings is 1. The molecule has 0 aliphatic carbocycles. The first-order chi connectivity index (χ1) is 9.58. The molecule has 1 saturated heterocycles. The number of nitrogens with zero attached hydrogens (tertiary/aromatic N) is 2. The second-order valence-corrected chi connectivity index (χ2v) is 5.01. The normalized spacial score (nSPS) is 16.1. The SMILES string of the molecule is O=C(O)CCC1CCN(C(=O)c2cccnc2F)CC1. The quantitative estimate of drug-likeness (QED) is 0.856. The van der Waals surface area contributed by atoms with E-state index in [4.69, 9.17) is 5.11 Å². The van der Waals surface area contributed by atoms with Gasteiger partial charge < -0.3 is 10.0 Å². The second kappa shape index (κ2) is 6.45. The summed E-state index contributed by atoms with van der Waals surface area (Å²) in [6.45, 7) is 1.08. The van der Waals surface area contributed by atoms with Gasteiger partial charge in [0.25, 0.3) is 5.91 Å². The van der Waals surface area contributed by atoms with E-state index in [1.54, 1.807) is 4.90 Å². The fourth-order valence-corrected chi connectivity index (χ4v) is 2.47. The van der Waals surface area contributed by atoms with Crippen molar-refractivity contribution >= 4 is 11.9 Å². The van der Waals surface area contributed by atoms with Crippen LogP contribution in [0.15, 0.2) is 18.3 Å². The van der Waals surface area contributed by atoms with Gasteiger partial charge in [0.2, 0.25) is 5.95 Å². The summed E-state index contributed by atoms with van der Waals surface area (Å²) in [5.41, 5.74) is -0.00325. The molecule has 1 aromatic rings. The number of carboxylic acids is 1. The first kappa shape index (κ1) is 14.4. The van der Waals surface area contributed by atoms with Crippen molar-refractivity contribution in [2.45, 2.75) is 25.7 Å². The average molecular weight is 280 g/mol. The molecule has 0 aromatic carbocycles. The third-order valence-corrected chi connectivity index (χ3v) is 3.66. The number of aliphatic carboxylic acids is 1. The van der Waals surface area contributed by atoms with Crippen LogP contribution in [0, 0.1) is 11.9 Å². The summed E-state index contributed by atoms with van der Waals surface area (Å²) in [6.07, 6.45) is 3.64. The predicted molar refractivity (Wildman–Crippen MR) is 69.7 cm³/mol. The Hall–Kier alpha value is -1.98. The number of halogens is 1. The molecule has 1 amide bonds. The van der Waals surface area contributed by atoms with Gasteiger partial charge in [0.1, 0.15) is 0 Å². The van der Waals surface area contributed by atoms with E-state index in [-0.39, 0.29) is 17.9 Å². The summed E-state index contributed by atoms with van der Waals surface area (Å²) in [7, 11) is 0. The van der Waals surface area contributed by atoms with E-state index in [1.165, 1.54) is 18.3 Å². The highest BCUT2D eigenvalue weighted by molar-refractivity contribution is 5.94. The molecule has 2 heterocycles. The van der Waals surface area contributed by atoms with Crippen molar-refractivity contribution in [1.82, 2.24) is 9.88 Å². The van der Waals surface area contributed by atoms with Crippen LogP contribution in [0.3, 0.4) is 0 Å². The number of rotatable bonds is 4. The maximum absolute atomic E-state index is 13.5. The third-order valence-electron chi connectivity index (χ3n) is 3.66. The third kappa shape index (κ3) is 3.53. The average Bonchev–Trinajstić information content (AvgIpc) is 2.45. The molecule has 20 heavy (non-hydrogen) atoms. The van der Waals surface area contributed by atoms with Gasteiger partial charge in [0, 0.05) is 25.7 Å². The van der Waals surface area contributed by atoms with Crippen molar-refractivity contribution < 1.29 is 19.1 Å². The highest BCUT2D eigenvalue weighted by Gasteiger charge is 2.25. The lowest BCUT2D eigenvalue weighted by Crippen LogP contribution is -2.39. The predicted octanol–water partition coefficient (Wildman–Crippen LogP) is 1.94. The molecule has 0 atom stereocenters. The van der Waals surface area contributed by atoms with Crippen molar-refractivity contribution in [2.24, 2.45) is 5.92 Å². The summed E-state index contributed by atoms with van der Waals surface area (Å²) in [4.78, 5) is 27.8. The monoisotopic (exact) mass is 280 g/mol. The first-order valence-electron chi connectivity index (χ1n) is 6.69. The van der Waals surface area contributed by atoms with Crippen LogP contribution >= 0.6 is 0 Å². The Labute approximate surface area is 116 Å². The van der Waals surface area contributed by atoms with Crippen LogP contribution in [0.2, 0.25) is 0 Å². The minimum absolute atomic E-state index is 0.00325.